The van der Waals surface area contributed by atoms with Gasteiger partial charge in [-0.05, 0) is 25.7 Å². The van der Waals surface area contributed by atoms with Crippen LogP contribution in [0, 0.1) is 0 Å². The maximum absolute atomic E-state index is 5.83. The van der Waals surface area contributed by atoms with Crippen molar-refractivity contribution < 1.29 is 4.42 Å². The van der Waals surface area contributed by atoms with E-state index in [0.717, 1.165) is 35.4 Å². The van der Waals surface area contributed by atoms with E-state index in [1.54, 1.807) is 23.1 Å². The Labute approximate surface area is 184 Å². The second-order valence-electron chi connectivity index (χ2n) is 8.70. The summed E-state index contributed by atoms with van der Waals surface area (Å²) in [6, 6.07) is 1.04. The molecule has 0 amide bonds. The molecule has 3 N–H and O–H groups in total. The minimum absolute atomic E-state index is 0.0114. The molecule has 2 aromatic rings. The summed E-state index contributed by atoms with van der Waals surface area (Å²) in [6.07, 6.45) is 12.6. The summed E-state index contributed by atoms with van der Waals surface area (Å²) >= 11 is 3.47. The standard InChI is InChI=1S/C17H25N3OS2.C5H13N/c1-17(2,3)13-9-18-14(21-13)11-22-15-10-19-16(23-15)20-12-7-5-4-6-8-12;1-3-5(6)4-2/h9-10,12H,4-8,11H2,1-3H3,(H,19,20);5H,3-4,6H2,1-2H3. The maximum Gasteiger partial charge on any atom is 0.204 e. The van der Waals surface area contributed by atoms with Crippen LogP contribution in [0.5, 0.6) is 0 Å². The van der Waals surface area contributed by atoms with Crippen LogP contribution in [-0.2, 0) is 11.2 Å². The molecule has 0 aromatic carbocycles. The summed E-state index contributed by atoms with van der Waals surface area (Å²) in [4.78, 5) is 8.88. The van der Waals surface area contributed by atoms with E-state index in [2.05, 4.69) is 49.9 Å². The van der Waals surface area contributed by atoms with Gasteiger partial charge in [0, 0.05) is 17.5 Å². The first-order valence-corrected chi connectivity index (χ1v) is 12.7. The van der Waals surface area contributed by atoms with Gasteiger partial charge in [-0.2, -0.15) is 0 Å². The van der Waals surface area contributed by atoms with Crippen molar-refractivity contribution in [2.24, 2.45) is 5.73 Å². The molecule has 164 valence electrons. The lowest BCUT2D eigenvalue weighted by Crippen LogP contribution is -2.21. The fourth-order valence-electron chi connectivity index (χ4n) is 2.96. The van der Waals surface area contributed by atoms with E-state index < -0.39 is 0 Å². The third kappa shape index (κ3) is 8.69. The number of hydrogen-bond acceptors (Lipinski definition) is 7. The Morgan fingerprint density at radius 1 is 1.17 bits per heavy atom. The number of thiazole rings is 1. The molecule has 1 aliphatic rings. The second kappa shape index (κ2) is 12.0. The quantitative estimate of drug-likeness (QED) is 0.474. The number of nitrogens with two attached hydrogens (primary N) is 1. The van der Waals surface area contributed by atoms with Gasteiger partial charge in [0.2, 0.25) is 5.89 Å². The minimum atomic E-state index is 0.0114. The lowest BCUT2D eigenvalue weighted by Gasteiger charge is -2.22. The molecule has 1 aliphatic carbocycles. The third-order valence-corrected chi connectivity index (χ3v) is 7.20. The number of aromatic nitrogens is 2. The van der Waals surface area contributed by atoms with E-state index in [9.17, 15) is 0 Å². The zero-order valence-electron chi connectivity index (χ0n) is 18.7. The molecule has 3 rings (SSSR count). The van der Waals surface area contributed by atoms with Crippen LogP contribution in [0.15, 0.2) is 21.0 Å². The van der Waals surface area contributed by atoms with Crippen LogP contribution in [0.2, 0.25) is 0 Å². The molecule has 1 fully saturated rings. The zero-order valence-corrected chi connectivity index (χ0v) is 20.3. The van der Waals surface area contributed by atoms with Crippen LogP contribution in [0.3, 0.4) is 0 Å². The topological polar surface area (TPSA) is 77.0 Å². The highest BCUT2D eigenvalue weighted by Crippen LogP contribution is 2.33. The van der Waals surface area contributed by atoms with Crippen molar-refractivity contribution in [1.29, 1.82) is 0 Å². The van der Waals surface area contributed by atoms with E-state index in [1.807, 2.05) is 12.4 Å². The van der Waals surface area contributed by atoms with Gasteiger partial charge in [-0.1, -0.05) is 65.2 Å². The lowest BCUT2D eigenvalue weighted by atomic mass is 9.94. The monoisotopic (exact) mass is 438 g/mol. The Morgan fingerprint density at radius 3 is 2.41 bits per heavy atom. The van der Waals surface area contributed by atoms with E-state index in [-0.39, 0.29) is 5.41 Å². The van der Waals surface area contributed by atoms with Crippen LogP contribution in [0.1, 0.15) is 91.2 Å². The van der Waals surface area contributed by atoms with Crippen LogP contribution >= 0.6 is 23.1 Å². The number of oxazole rings is 1. The number of anilines is 1. The molecule has 7 heteroatoms. The average molecular weight is 439 g/mol. The smallest absolute Gasteiger partial charge is 0.204 e. The first-order valence-electron chi connectivity index (χ1n) is 10.9. The predicted octanol–water partition coefficient (Wildman–Crippen LogP) is 6.60. The van der Waals surface area contributed by atoms with E-state index >= 15 is 0 Å². The van der Waals surface area contributed by atoms with Crippen molar-refractivity contribution in [3.05, 3.63) is 24.0 Å². The molecule has 0 radical (unpaired) electrons. The highest BCUT2D eigenvalue weighted by atomic mass is 32.2. The van der Waals surface area contributed by atoms with Gasteiger partial charge in [0.15, 0.2) is 5.13 Å². The SMILES string of the molecule is CC(C)(C)c1cnc(CSc2cnc(NC3CCCCC3)s2)o1.CCC(N)CC. The van der Waals surface area contributed by atoms with Crippen LogP contribution < -0.4 is 11.1 Å². The van der Waals surface area contributed by atoms with Crippen molar-refractivity contribution in [2.75, 3.05) is 5.32 Å². The number of rotatable bonds is 7. The molecule has 0 saturated heterocycles. The summed E-state index contributed by atoms with van der Waals surface area (Å²) in [5.41, 5.74) is 5.48. The van der Waals surface area contributed by atoms with Gasteiger partial charge >= 0.3 is 0 Å². The molecule has 29 heavy (non-hydrogen) atoms. The Balaban J connectivity index is 0.000000438. The van der Waals surface area contributed by atoms with Crippen LogP contribution in [0.25, 0.3) is 0 Å². The van der Waals surface area contributed by atoms with Gasteiger partial charge in [-0.25, -0.2) is 9.97 Å². The third-order valence-electron chi connectivity index (χ3n) is 5.10. The van der Waals surface area contributed by atoms with Gasteiger partial charge < -0.3 is 15.5 Å². The molecular formula is C22H38N4OS2. The largest absolute Gasteiger partial charge is 0.444 e. The van der Waals surface area contributed by atoms with Crippen molar-refractivity contribution in [3.63, 3.8) is 0 Å². The Morgan fingerprint density at radius 2 is 1.86 bits per heavy atom. The van der Waals surface area contributed by atoms with Gasteiger partial charge in [-0.3, -0.25) is 0 Å². The summed E-state index contributed by atoms with van der Waals surface area (Å²) < 4.78 is 7.04. The first-order chi connectivity index (χ1) is 13.8. The molecule has 2 aromatic heterocycles. The van der Waals surface area contributed by atoms with Gasteiger partial charge in [0.25, 0.3) is 0 Å². The van der Waals surface area contributed by atoms with Crippen molar-refractivity contribution in [1.82, 2.24) is 9.97 Å². The molecule has 0 aliphatic heterocycles. The van der Waals surface area contributed by atoms with Gasteiger partial charge in [0.05, 0.1) is 22.4 Å². The summed E-state index contributed by atoms with van der Waals surface area (Å²) in [5, 5.41) is 4.62. The molecule has 1 saturated carbocycles. The molecule has 0 atom stereocenters. The highest BCUT2D eigenvalue weighted by Gasteiger charge is 2.19. The molecule has 0 unspecified atom stereocenters. The number of thioether (sulfide) groups is 1. The predicted molar refractivity (Wildman–Crippen MR) is 126 cm³/mol. The van der Waals surface area contributed by atoms with E-state index in [4.69, 9.17) is 10.2 Å². The highest BCUT2D eigenvalue weighted by molar-refractivity contribution is 8.00. The second-order valence-corrected chi connectivity index (χ2v) is 11.0. The summed E-state index contributed by atoms with van der Waals surface area (Å²) in [6.45, 7) is 10.6. The van der Waals surface area contributed by atoms with Crippen LogP contribution in [0.4, 0.5) is 5.13 Å². The van der Waals surface area contributed by atoms with Gasteiger partial charge in [0.1, 0.15) is 5.76 Å². The Hall–Kier alpha value is -1.05. The fourth-order valence-corrected chi connectivity index (χ4v) is 4.76. The summed E-state index contributed by atoms with van der Waals surface area (Å²) in [7, 11) is 0. The minimum Gasteiger partial charge on any atom is -0.444 e. The Bertz CT molecular complexity index is 698. The van der Waals surface area contributed by atoms with Crippen molar-refractivity contribution in [2.45, 2.75) is 107 Å². The number of nitrogens with zero attached hydrogens (tertiary/aromatic N) is 2. The molecule has 0 spiro atoms. The number of hydrogen-bond donors (Lipinski definition) is 2. The fraction of sp³-hybridized carbons (Fsp3) is 0.727. The number of nitrogens with one attached hydrogen (secondary N) is 1. The average Bonchev–Trinajstić information content (AvgIpc) is 3.36. The molecule has 0 bridgehead atoms. The molecular weight excluding hydrogens is 400 g/mol. The van der Waals surface area contributed by atoms with E-state index in [0.29, 0.717) is 12.1 Å². The maximum atomic E-state index is 5.83. The van der Waals surface area contributed by atoms with Crippen molar-refractivity contribution >= 4 is 28.2 Å². The van der Waals surface area contributed by atoms with E-state index in [1.165, 1.54) is 36.3 Å². The molecule has 2 heterocycles. The zero-order chi connectivity index (χ0) is 21.3. The molecule has 5 nitrogen and oxygen atoms in total. The lowest BCUT2D eigenvalue weighted by molar-refractivity contribution is 0.391. The normalized spacial score (nSPS) is 15.3. The first kappa shape index (κ1) is 24.2. The Kier molecular flexibility index (Phi) is 9.99. The van der Waals surface area contributed by atoms with Gasteiger partial charge in [-0.15, -0.1) is 11.8 Å². The van der Waals surface area contributed by atoms with Crippen molar-refractivity contribution in [3.8, 4) is 0 Å². The summed E-state index contributed by atoms with van der Waals surface area (Å²) in [5.74, 6) is 2.48. The van der Waals surface area contributed by atoms with Crippen LogP contribution in [-0.4, -0.2) is 22.1 Å².